The maximum atomic E-state index is 12.9. The average molecular weight is 397 g/mol. The van der Waals surface area contributed by atoms with Gasteiger partial charge in [-0.2, -0.15) is 0 Å². The van der Waals surface area contributed by atoms with Crippen LogP contribution in [0.15, 0.2) is 22.6 Å². The van der Waals surface area contributed by atoms with E-state index in [1.54, 1.807) is 11.0 Å². The van der Waals surface area contributed by atoms with E-state index in [9.17, 15) is 13.2 Å². The topological polar surface area (TPSA) is 70.8 Å². The van der Waals surface area contributed by atoms with E-state index in [1.165, 1.54) is 0 Å². The molecule has 2 aliphatic rings. The molecule has 0 aliphatic carbocycles. The lowest BCUT2D eigenvalue weighted by Crippen LogP contribution is -2.52. The van der Waals surface area contributed by atoms with Crippen molar-refractivity contribution in [3.8, 4) is 0 Å². The number of hydrogen-bond donors (Lipinski definition) is 0. The van der Waals surface area contributed by atoms with Crippen molar-refractivity contribution < 1.29 is 17.6 Å². The summed E-state index contributed by atoms with van der Waals surface area (Å²) in [7, 11) is -2.89. The number of benzene rings is 1. The highest BCUT2D eigenvalue weighted by Gasteiger charge is 2.35. The zero-order chi connectivity index (χ0) is 18.5. The highest BCUT2D eigenvalue weighted by molar-refractivity contribution is 7.91. The molecule has 1 aromatic heterocycles. The summed E-state index contributed by atoms with van der Waals surface area (Å²) in [6, 6.07) is 5.57. The van der Waals surface area contributed by atoms with Crippen molar-refractivity contribution in [3.63, 3.8) is 0 Å². The zero-order valence-electron chi connectivity index (χ0n) is 14.6. The monoisotopic (exact) mass is 396 g/mol. The molecule has 0 bridgehead atoms. The molecule has 0 saturated carbocycles. The smallest absolute Gasteiger partial charge is 0.289 e. The van der Waals surface area contributed by atoms with Gasteiger partial charge in [-0.1, -0.05) is 23.7 Å². The van der Waals surface area contributed by atoms with Crippen LogP contribution >= 0.6 is 11.6 Å². The van der Waals surface area contributed by atoms with E-state index in [2.05, 4.69) is 4.90 Å². The number of sulfone groups is 1. The molecule has 0 spiro atoms. The van der Waals surface area contributed by atoms with E-state index in [1.807, 2.05) is 19.1 Å². The van der Waals surface area contributed by atoms with E-state index in [4.69, 9.17) is 16.0 Å². The van der Waals surface area contributed by atoms with E-state index in [0.29, 0.717) is 49.0 Å². The fourth-order valence-corrected chi connectivity index (χ4v) is 5.88. The van der Waals surface area contributed by atoms with Crippen molar-refractivity contribution in [3.05, 3.63) is 34.5 Å². The number of piperazine rings is 1. The first-order valence-corrected chi connectivity index (χ1v) is 11.0. The lowest BCUT2D eigenvalue weighted by Gasteiger charge is -2.37. The van der Waals surface area contributed by atoms with Gasteiger partial charge in [0.25, 0.3) is 5.91 Å². The van der Waals surface area contributed by atoms with Crippen molar-refractivity contribution in [2.24, 2.45) is 0 Å². The van der Waals surface area contributed by atoms with Gasteiger partial charge in [0.2, 0.25) is 0 Å². The van der Waals surface area contributed by atoms with Crippen LogP contribution < -0.4 is 0 Å². The molecule has 2 saturated heterocycles. The summed E-state index contributed by atoms with van der Waals surface area (Å²) < 4.78 is 29.1. The van der Waals surface area contributed by atoms with Gasteiger partial charge in [0.05, 0.1) is 16.5 Å². The van der Waals surface area contributed by atoms with Crippen molar-refractivity contribution >= 4 is 38.3 Å². The number of carbonyl (C=O) groups is 1. The second-order valence-electron chi connectivity index (χ2n) is 7.06. The molecular formula is C18H21ClN2O4S. The van der Waals surface area contributed by atoms with Crippen molar-refractivity contribution in [1.29, 1.82) is 0 Å². The quantitative estimate of drug-likeness (QED) is 0.779. The van der Waals surface area contributed by atoms with Crippen LogP contribution in [-0.2, 0) is 9.84 Å². The molecule has 1 amide bonds. The van der Waals surface area contributed by atoms with Crippen molar-refractivity contribution in [2.75, 3.05) is 37.7 Å². The third-order valence-electron chi connectivity index (χ3n) is 5.44. The Kier molecular flexibility index (Phi) is 4.49. The van der Waals surface area contributed by atoms with Gasteiger partial charge in [-0.3, -0.25) is 9.69 Å². The van der Waals surface area contributed by atoms with Gasteiger partial charge in [-0.15, -0.1) is 0 Å². The Balaban J connectivity index is 1.47. The first-order valence-electron chi connectivity index (χ1n) is 8.77. The minimum absolute atomic E-state index is 0.0870. The minimum atomic E-state index is -2.89. The molecule has 0 N–H and O–H groups in total. The van der Waals surface area contributed by atoms with Crippen LogP contribution in [0.25, 0.3) is 11.0 Å². The predicted molar refractivity (Wildman–Crippen MR) is 100 cm³/mol. The molecule has 2 aromatic rings. The van der Waals surface area contributed by atoms with Crippen LogP contribution in [0.1, 0.15) is 22.5 Å². The first-order chi connectivity index (χ1) is 12.4. The molecule has 0 radical (unpaired) electrons. The number of halogens is 1. The molecule has 3 heterocycles. The summed E-state index contributed by atoms with van der Waals surface area (Å²) in [5.74, 6) is 0.719. The lowest BCUT2D eigenvalue weighted by molar-refractivity contribution is 0.0560. The summed E-state index contributed by atoms with van der Waals surface area (Å²) in [6.45, 7) is 4.38. The number of para-hydroxylation sites is 1. The van der Waals surface area contributed by atoms with Gasteiger partial charge in [-0.25, -0.2) is 8.42 Å². The van der Waals surface area contributed by atoms with Crippen LogP contribution in [0.5, 0.6) is 0 Å². The molecule has 2 aliphatic heterocycles. The number of carbonyl (C=O) groups excluding carboxylic acids is 1. The fraction of sp³-hybridized carbons (Fsp3) is 0.500. The van der Waals surface area contributed by atoms with Gasteiger partial charge >= 0.3 is 0 Å². The van der Waals surface area contributed by atoms with E-state index >= 15 is 0 Å². The zero-order valence-corrected chi connectivity index (χ0v) is 16.1. The first kappa shape index (κ1) is 17.8. The summed E-state index contributed by atoms with van der Waals surface area (Å²) in [6.07, 6.45) is 0.692. The Morgan fingerprint density at radius 1 is 1.23 bits per heavy atom. The third-order valence-corrected chi connectivity index (χ3v) is 7.48. The Bertz CT molecular complexity index is 961. The largest absolute Gasteiger partial charge is 0.449 e. The summed E-state index contributed by atoms with van der Waals surface area (Å²) in [5, 5.41) is 1.35. The van der Waals surface area contributed by atoms with Crippen molar-refractivity contribution in [2.45, 2.75) is 19.4 Å². The third kappa shape index (κ3) is 3.12. The standard InChI is InChI=1S/C18H21ClN2O4S/c1-12-14-3-2-4-15(19)17(14)25-16(12)18(22)21-8-6-20(7-9-21)13-5-10-26(23,24)11-13/h2-4,13H,5-11H2,1H3/t13-/m0/s1. The van der Waals surface area contributed by atoms with Crippen LogP contribution in [0.3, 0.4) is 0 Å². The summed E-state index contributed by atoms with van der Waals surface area (Å²) in [4.78, 5) is 16.9. The van der Waals surface area contributed by atoms with Gasteiger partial charge in [0, 0.05) is 43.2 Å². The molecule has 1 atom stereocenters. The van der Waals surface area contributed by atoms with E-state index < -0.39 is 9.84 Å². The highest BCUT2D eigenvalue weighted by atomic mass is 35.5. The highest BCUT2D eigenvalue weighted by Crippen LogP contribution is 2.31. The predicted octanol–water partition coefficient (Wildman–Crippen LogP) is 2.34. The van der Waals surface area contributed by atoms with Crippen LogP contribution in [-0.4, -0.2) is 67.9 Å². The number of nitrogens with zero attached hydrogens (tertiary/aromatic N) is 2. The Morgan fingerprint density at radius 2 is 1.96 bits per heavy atom. The summed E-state index contributed by atoms with van der Waals surface area (Å²) in [5.41, 5.74) is 1.35. The Hall–Kier alpha value is -1.57. The number of rotatable bonds is 2. The van der Waals surface area contributed by atoms with Crippen LogP contribution in [0.4, 0.5) is 0 Å². The van der Waals surface area contributed by atoms with Gasteiger partial charge < -0.3 is 9.32 Å². The molecule has 4 rings (SSSR count). The number of amides is 1. The second kappa shape index (κ2) is 6.55. The maximum Gasteiger partial charge on any atom is 0.289 e. The Labute approximate surface area is 157 Å². The molecule has 140 valence electrons. The molecular weight excluding hydrogens is 376 g/mol. The van der Waals surface area contributed by atoms with Crippen LogP contribution in [0, 0.1) is 6.92 Å². The number of hydrogen-bond acceptors (Lipinski definition) is 5. The number of furan rings is 1. The normalized spacial score (nSPS) is 23.6. The molecule has 2 fully saturated rings. The second-order valence-corrected chi connectivity index (χ2v) is 9.69. The van der Waals surface area contributed by atoms with Gasteiger partial charge in [0.1, 0.15) is 0 Å². The average Bonchev–Trinajstić information content (AvgIpc) is 3.16. The molecule has 1 aromatic carbocycles. The molecule has 0 unspecified atom stereocenters. The molecule has 26 heavy (non-hydrogen) atoms. The van der Waals surface area contributed by atoms with Crippen molar-refractivity contribution in [1.82, 2.24) is 9.80 Å². The molecule has 6 nitrogen and oxygen atoms in total. The van der Waals surface area contributed by atoms with E-state index in [-0.39, 0.29) is 23.5 Å². The minimum Gasteiger partial charge on any atom is -0.449 e. The summed E-state index contributed by atoms with van der Waals surface area (Å²) >= 11 is 6.17. The van der Waals surface area contributed by atoms with Gasteiger partial charge in [-0.05, 0) is 19.4 Å². The maximum absolute atomic E-state index is 12.9. The number of aryl methyl sites for hydroxylation is 1. The van der Waals surface area contributed by atoms with Crippen LogP contribution in [0.2, 0.25) is 5.02 Å². The fourth-order valence-electron chi connectivity index (χ4n) is 3.91. The Morgan fingerprint density at radius 3 is 2.58 bits per heavy atom. The SMILES string of the molecule is Cc1c(C(=O)N2CCN([C@H]3CCS(=O)(=O)C3)CC2)oc2c(Cl)cccc12. The molecule has 8 heteroatoms. The lowest BCUT2D eigenvalue weighted by atomic mass is 10.1. The van der Waals surface area contributed by atoms with E-state index in [0.717, 1.165) is 10.9 Å². The number of fused-ring (bicyclic) bond motifs is 1. The van der Waals surface area contributed by atoms with Gasteiger partial charge in [0.15, 0.2) is 21.2 Å².